The monoisotopic (exact) mass is 529 g/mol. The fourth-order valence-electron chi connectivity index (χ4n) is 3.43. The van der Waals surface area contributed by atoms with Crippen LogP contribution < -0.4 is 14.5 Å². The molecule has 0 saturated carbocycles. The van der Waals surface area contributed by atoms with Crippen LogP contribution in [0.3, 0.4) is 0 Å². The molecule has 37 heavy (non-hydrogen) atoms. The second kappa shape index (κ2) is 13.6. The van der Waals surface area contributed by atoms with Crippen molar-refractivity contribution >= 4 is 51.6 Å². The number of aldehydes is 1. The first-order valence-corrected chi connectivity index (χ1v) is 11.8. The fraction of sp³-hybridized carbons (Fsp3) is 0.240. The van der Waals surface area contributed by atoms with E-state index in [2.05, 4.69) is 17.9 Å². The van der Waals surface area contributed by atoms with Crippen molar-refractivity contribution in [2.45, 2.75) is 6.92 Å². The number of allylic oxidation sites excluding steroid dienone is 3. The van der Waals surface area contributed by atoms with Crippen molar-refractivity contribution in [1.82, 2.24) is 0 Å². The zero-order valence-electron chi connectivity index (χ0n) is 20.7. The molecule has 0 N–H and O–H groups in total. The molecule has 1 aromatic carbocycles. The lowest BCUT2D eigenvalue weighted by Crippen LogP contribution is -2.31. The number of anilines is 3. The maximum Gasteiger partial charge on any atom is 0.371 e. The summed E-state index contributed by atoms with van der Waals surface area (Å²) in [6.07, 6.45) is 5.40. The third kappa shape index (κ3) is 6.82. The molecule has 0 atom stereocenters. The van der Waals surface area contributed by atoms with Gasteiger partial charge in [0, 0.05) is 23.8 Å². The first kappa shape index (κ1) is 28.8. The second-order valence-corrected chi connectivity index (χ2v) is 8.02. The first-order chi connectivity index (χ1) is 17.7. The molecule has 12 heteroatoms. The molecule has 196 valence electrons. The van der Waals surface area contributed by atoms with Crippen LogP contribution >= 0.6 is 11.3 Å². The molecular weight excluding hydrogens is 502 g/mol. The van der Waals surface area contributed by atoms with Crippen LogP contribution in [0.5, 0.6) is 5.75 Å². The Morgan fingerprint density at radius 2 is 2.08 bits per heavy atom. The van der Waals surface area contributed by atoms with Gasteiger partial charge in [-0.3, -0.25) is 14.9 Å². The Morgan fingerprint density at radius 1 is 1.35 bits per heavy atom. The number of nitro groups is 1. The fourth-order valence-corrected chi connectivity index (χ4v) is 4.31. The molecule has 0 bridgehead atoms. The van der Waals surface area contributed by atoms with Crippen LogP contribution in [0.4, 0.5) is 22.1 Å². The molecular formula is C25H27N3O8S. The van der Waals surface area contributed by atoms with E-state index >= 15 is 0 Å². The summed E-state index contributed by atoms with van der Waals surface area (Å²) in [5.41, 5.74) is 2.62. The van der Waals surface area contributed by atoms with Crippen LogP contribution in [-0.4, -0.2) is 57.1 Å². The molecule has 0 amide bonds. The summed E-state index contributed by atoms with van der Waals surface area (Å²) < 4.78 is 14.7. The van der Waals surface area contributed by atoms with Gasteiger partial charge in [-0.15, -0.1) is 0 Å². The third-order valence-corrected chi connectivity index (χ3v) is 5.96. The van der Waals surface area contributed by atoms with E-state index in [1.54, 1.807) is 43.2 Å². The summed E-state index contributed by atoms with van der Waals surface area (Å²) in [6, 6.07) is 5.45. The molecule has 0 radical (unpaired) electrons. The Kier molecular flexibility index (Phi) is 10.6. The van der Waals surface area contributed by atoms with Crippen LogP contribution in [0.1, 0.15) is 17.3 Å². The van der Waals surface area contributed by atoms with Crippen LogP contribution in [0.25, 0.3) is 0 Å². The second-order valence-electron chi connectivity index (χ2n) is 7.16. The van der Waals surface area contributed by atoms with Gasteiger partial charge in [0.25, 0.3) is 0 Å². The number of thiophene rings is 1. The standard InChI is InChI=1S/C21H21N3O5S.C4H6O3/c1-5-7-14(6-2)23-10-11-29-18-9-8-15(12-17(18)23)22(3)19-16(21(25)28-4)13-30-20(19)24(26)27;1-2-7-4(6)3-5/h5-9,12-13H,1-2,10-11H2,3-4H3;3H,2H2,1H3/b14-7+;. The molecule has 2 heterocycles. The Hall–Kier alpha value is -4.45. The number of carbonyl (C=O) groups is 3. The number of rotatable bonds is 9. The maximum absolute atomic E-state index is 12.2. The summed E-state index contributed by atoms with van der Waals surface area (Å²) in [4.78, 5) is 46.1. The number of nitrogens with zero attached hydrogens (tertiary/aromatic N) is 3. The Morgan fingerprint density at radius 3 is 2.62 bits per heavy atom. The highest BCUT2D eigenvalue weighted by molar-refractivity contribution is 7.14. The number of fused-ring (bicyclic) bond motifs is 1. The van der Waals surface area contributed by atoms with Crippen molar-refractivity contribution in [3.8, 4) is 5.75 Å². The van der Waals surface area contributed by atoms with Gasteiger partial charge in [0.05, 0.1) is 30.9 Å². The quantitative estimate of drug-likeness (QED) is 0.115. The molecule has 0 unspecified atom stereocenters. The van der Waals surface area contributed by atoms with E-state index in [1.807, 2.05) is 17.0 Å². The highest BCUT2D eigenvalue weighted by Gasteiger charge is 2.30. The minimum Gasteiger partial charge on any atom is -0.490 e. The number of methoxy groups -OCH3 is 1. The normalized spacial score (nSPS) is 12.1. The third-order valence-electron chi connectivity index (χ3n) is 5.04. The molecule has 0 saturated heterocycles. The molecule has 0 spiro atoms. The topological polar surface area (TPSA) is 129 Å². The van der Waals surface area contributed by atoms with Gasteiger partial charge in [-0.2, -0.15) is 0 Å². The predicted octanol–water partition coefficient (Wildman–Crippen LogP) is 4.41. The van der Waals surface area contributed by atoms with Crippen LogP contribution in [0, 0.1) is 10.1 Å². The van der Waals surface area contributed by atoms with Gasteiger partial charge in [0.15, 0.2) is 0 Å². The van der Waals surface area contributed by atoms with Gasteiger partial charge in [-0.25, -0.2) is 9.59 Å². The number of carbonyl (C=O) groups excluding carboxylic acids is 3. The van der Waals surface area contributed by atoms with Crippen molar-refractivity contribution in [1.29, 1.82) is 0 Å². The largest absolute Gasteiger partial charge is 0.490 e. The lowest BCUT2D eigenvalue weighted by molar-refractivity contribution is -0.379. The van der Waals surface area contributed by atoms with E-state index < -0.39 is 16.9 Å². The number of ether oxygens (including phenoxy) is 3. The van der Waals surface area contributed by atoms with Crippen molar-refractivity contribution in [3.63, 3.8) is 0 Å². The zero-order chi connectivity index (χ0) is 27.5. The Bertz CT molecular complexity index is 1220. The van der Waals surface area contributed by atoms with Gasteiger partial charge >= 0.3 is 16.9 Å². The number of hydrogen-bond donors (Lipinski definition) is 0. The van der Waals surface area contributed by atoms with E-state index in [0.717, 1.165) is 22.7 Å². The predicted molar refractivity (Wildman–Crippen MR) is 141 cm³/mol. The van der Waals surface area contributed by atoms with Crippen LogP contribution in [0.2, 0.25) is 0 Å². The number of benzene rings is 1. The lowest BCUT2D eigenvalue weighted by atomic mass is 10.1. The first-order valence-electron chi connectivity index (χ1n) is 10.9. The van der Waals surface area contributed by atoms with Gasteiger partial charge in [-0.1, -0.05) is 30.6 Å². The zero-order valence-corrected chi connectivity index (χ0v) is 21.5. The van der Waals surface area contributed by atoms with E-state index in [4.69, 9.17) is 9.47 Å². The number of hydrogen-bond acceptors (Lipinski definition) is 11. The van der Waals surface area contributed by atoms with Crippen LogP contribution in [-0.2, 0) is 19.1 Å². The summed E-state index contributed by atoms with van der Waals surface area (Å²) in [6.45, 7) is 10.6. The van der Waals surface area contributed by atoms with Crippen molar-refractivity contribution in [3.05, 3.63) is 76.3 Å². The average Bonchev–Trinajstić information content (AvgIpc) is 3.36. The highest BCUT2D eigenvalue weighted by atomic mass is 32.1. The summed E-state index contributed by atoms with van der Waals surface area (Å²) in [7, 11) is 2.91. The SMILES string of the molecule is C=C/C=C(\C=C)N1CCOc2ccc(N(C)c3c(C(=O)OC)csc3[N+](=O)[O-])cc21.CCOC(=O)C=O. The van der Waals surface area contributed by atoms with Crippen molar-refractivity contribution in [2.24, 2.45) is 0 Å². The number of esters is 2. The molecule has 1 aliphatic rings. The summed E-state index contributed by atoms with van der Waals surface area (Å²) in [5, 5.41) is 12.8. The highest BCUT2D eigenvalue weighted by Crippen LogP contribution is 2.44. The summed E-state index contributed by atoms with van der Waals surface area (Å²) in [5.74, 6) is -0.752. The Balaban J connectivity index is 0.000000604. The van der Waals surface area contributed by atoms with Crippen molar-refractivity contribution in [2.75, 3.05) is 43.7 Å². The maximum atomic E-state index is 12.2. The van der Waals surface area contributed by atoms with Gasteiger partial charge in [0.1, 0.15) is 23.6 Å². The van der Waals surface area contributed by atoms with Crippen molar-refractivity contribution < 1.29 is 33.5 Å². The van der Waals surface area contributed by atoms with Gasteiger partial charge in [0.2, 0.25) is 6.29 Å². The molecule has 1 aliphatic heterocycles. The smallest absolute Gasteiger partial charge is 0.371 e. The molecule has 1 aromatic heterocycles. The van der Waals surface area contributed by atoms with Gasteiger partial charge < -0.3 is 24.0 Å². The molecule has 0 aliphatic carbocycles. The van der Waals surface area contributed by atoms with E-state index in [-0.39, 0.29) is 29.1 Å². The molecule has 2 aromatic rings. The Labute approximate surface area is 218 Å². The van der Waals surface area contributed by atoms with E-state index in [1.165, 1.54) is 12.5 Å². The minimum absolute atomic E-state index is 0.137. The average molecular weight is 530 g/mol. The molecule has 11 nitrogen and oxygen atoms in total. The van der Waals surface area contributed by atoms with E-state index in [0.29, 0.717) is 24.6 Å². The molecule has 0 fully saturated rings. The van der Waals surface area contributed by atoms with E-state index in [9.17, 15) is 24.5 Å². The lowest BCUT2D eigenvalue weighted by Gasteiger charge is -2.33. The van der Waals surface area contributed by atoms with Gasteiger partial charge in [-0.05, 0) is 37.3 Å². The van der Waals surface area contributed by atoms with Crippen LogP contribution in [0.15, 0.2) is 60.7 Å². The minimum atomic E-state index is -0.803. The summed E-state index contributed by atoms with van der Waals surface area (Å²) >= 11 is 0.885. The molecule has 3 rings (SSSR count).